The van der Waals surface area contributed by atoms with Gasteiger partial charge in [-0.25, -0.2) is 5.43 Å². The SMILES string of the molecule is CCCCCOc1ccc(/C=N/NC(=O)c2cc(OC)c(OC)c(OC)c2)cc1OC. The van der Waals surface area contributed by atoms with E-state index in [0.29, 0.717) is 40.9 Å². The zero-order valence-corrected chi connectivity index (χ0v) is 18.7. The largest absolute Gasteiger partial charge is 0.493 e. The van der Waals surface area contributed by atoms with E-state index >= 15 is 0 Å². The van der Waals surface area contributed by atoms with Gasteiger partial charge in [-0.2, -0.15) is 5.10 Å². The molecular weight excluding hydrogens is 400 g/mol. The van der Waals surface area contributed by atoms with Crippen LogP contribution in [0.4, 0.5) is 0 Å². The van der Waals surface area contributed by atoms with E-state index in [0.717, 1.165) is 24.8 Å². The molecule has 0 aliphatic heterocycles. The molecule has 0 atom stereocenters. The van der Waals surface area contributed by atoms with Crippen molar-refractivity contribution in [2.24, 2.45) is 5.10 Å². The zero-order valence-electron chi connectivity index (χ0n) is 18.7. The Morgan fingerprint density at radius 2 is 1.58 bits per heavy atom. The summed E-state index contributed by atoms with van der Waals surface area (Å²) in [5.41, 5.74) is 3.57. The predicted molar refractivity (Wildman–Crippen MR) is 119 cm³/mol. The third-order valence-corrected chi connectivity index (χ3v) is 4.50. The number of rotatable bonds is 12. The molecule has 0 unspecified atom stereocenters. The van der Waals surface area contributed by atoms with Crippen molar-refractivity contribution < 1.29 is 28.5 Å². The van der Waals surface area contributed by atoms with Gasteiger partial charge in [-0.05, 0) is 42.3 Å². The van der Waals surface area contributed by atoms with E-state index in [9.17, 15) is 4.79 Å². The van der Waals surface area contributed by atoms with Crippen LogP contribution in [0, 0.1) is 0 Å². The summed E-state index contributed by atoms with van der Waals surface area (Å²) in [6, 6.07) is 8.57. The fourth-order valence-corrected chi connectivity index (χ4v) is 2.86. The number of unbranched alkanes of at least 4 members (excludes halogenated alkanes) is 2. The van der Waals surface area contributed by atoms with Crippen molar-refractivity contribution in [3.05, 3.63) is 41.5 Å². The molecule has 2 aromatic rings. The van der Waals surface area contributed by atoms with Crippen LogP contribution in [0.25, 0.3) is 0 Å². The second-order valence-electron chi connectivity index (χ2n) is 6.58. The minimum atomic E-state index is -0.418. The number of hydrogen-bond donors (Lipinski definition) is 1. The van der Waals surface area contributed by atoms with Crippen molar-refractivity contribution in [2.45, 2.75) is 26.2 Å². The number of amides is 1. The molecule has 0 saturated carbocycles. The summed E-state index contributed by atoms with van der Waals surface area (Å²) in [6.45, 7) is 2.79. The zero-order chi connectivity index (χ0) is 22.6. The number of nitrogens with one attached hydrogen (secondary N) is 1. The van der Waals surface area contributed by atoms with E-state index in [2.05, 4.69) is 17.5 Å². The highest BCUT2D eigenvalue weighted by molar-refractivity contribution is 5.96. The van der Waals surface area contributed by atoms with Gasteiger partial charge < -0.3 is 23.7 Å². The lowest BCUT2D eigenvalue weighted by Crippen LogP contribution is -2.18. The van der Waals surface area contributed by atoms with E-state index in [1.807, 2.05) is 12.1 Å². The first kappa shape index (κ1) is 23.9. The van der Waals surface area contributed by atoms with Crippen molar-refractivity contribution in [3.8, 4) is 28.7 Å². The van der Waals surface area contributed by atoms with Crippen LogP contribution in [0.2, 0.25) is 0 Å². The van der Waals surface area contributed by atoms with Gasteiger partial charge in [-0.3, -0.25) is 4.79 Å². The Morgan fingerprint density at radius 3 is 2.16 bits per heavy atom. The first-order valence-electron chi connectivity index (χ1n) is 10.0. The molecule has 31 heavy (non-hydrogen) atoms. The highest BCUT2D eigenvalue weighted by atomic mass is 16.5. The van der Waals surface area contributed by atoms with Gasteiger partial charge in [0.15, 0.2) is 23.0 Å². The van der Waals surface area contributed by atoms with Crippen LogP contribution in [0.5, 0.6) is 28.7 Å². The second kappa shape index (κ2) is 12.3. The highest BCUT2D eigenvalue weighted by Gasteiger charge is 2.16. The maximum absolute atomic E-state index is 12.5. The third kappa shape index (κ3) is 6.53. The fraction of sp³-hybridized carbons (Fsp3) is 0.391. The number of hydrazone groups is 1. The number of carbonyl (C=O) groups excluding carboxylic acids is 1. The van der Waals surface area contributed by atoms with Crippen LogP contribution >= 0.6 is 0 Å². The van der Waals surface area contributed by atoms with E-state index in [1.54, 1.807) is 25.3 Å². The van der Waals surface area contributed by atoms with Crippen LogP contribution < -0.4 is 29.1 Å². The summed E-state index contributed by atoms with van der Waals surface area (Å²) >= 11 is 0. The molecule has 0 spiro atoms. The quantitative estimate of drug-likeness (QED) is 0.310. The van der Waals surface area contributed by atoms with Crippen molar-refractivity contribution in [1.29, 1.82) is 0 Å². The molecule has 2 aromatic carbocycles. The van der Waals surface area contributed by atoms with Crippen molar-refractivity contribution in [3.63, 3.8) is 0 Å². The number of methoxy groups -OCH3 is 4. The summed E-state index contributed by atoms with van der Waals surface area (Å²) in [5.74, 6) is 2.05. The van der Waals surface area contributed by atoms with Gasteiger partial charge in [0.25, 0.3) is 5.91 Å². The van der Waals surface area contributed by atoms with Gasteiger partial charge in [0, 0.05) is 5.56 Å². The van der Waals surface area contributed by atoms with Crippen LogP contribution in [0.3, 0.4) is 0 Å². The van der Waals surface area contributed by atoms with Gasteiger partial charge in [0.05, 0.1) is 41.3 Å². The average Bonchev–Trinajstić information content (AvgIpc) is 2.81. The molecule has 0 saturated heterocycles. The Hall–Kier alpha value is -3.42. The number of nitrogens with zero attached hydrogens (tertiary/aromatic N) is 1. The van der Waals surface area contributed by atoms with Crippen LogP contribution in [-0.4, -0.2) is 47.2 Å². The molecule has 0 heterocycles. The van der Waals surface area contributed by atoms with Crippen LogP contribution in [0.1, 0.15) is 42.1 Å². The Kier molecular flexibility index (Phi) is 9.48. The Balaban J connectivity index is 2.07. The lowest BCUT2D eigenvalue weighted by molar-refractivity contribution is 0.0954. The van der Waals surface area contributed by atoms with Crippen LogP contribution in [0.15, 0.2) is 35.4 Å². The number of hydrogen-bond acceptors (Lipinski definition) is 7. The Morgan fingerprint density at radius 1 is 0.903 bits per heavy atom. The molecule has 0 aromatic heterocycles. The maximum atomic E-state index is 12.5. The third-order valence-electron chi connectivity index (χ3n) is 4.50. The molecule has 2 rings (SSSR count). The van der Waals surface area contributed by atoms with E-state index in [-0.39, 0.29) is 0 Å². The van der Waals surface area contributed by atoms with Crippen molar-refractivity contribution >= 4 is 12.1 Å². The smallest absolute Gasteiger partial charge is 0.271 e. The van der Waals surface area contributed by atoms with E-state index < -0.39 is 5.91 Å². The molecule has 1 N–H and O–H groups in total. The van der Waals surface area contributed by atoms with E-state index in [1.165, 1.54) is 27.5 Å². The summed E-state index contributed by atoms with van der Waals surface area (Å²) in [7, 11) is 6.06. The Labute approximate surface area is 183 Å². The van der Waals surface area contributed by atoms with E-state index in [4.69, 9.17) is 23.7 Å². The van der Waals surface area contributed by atoms with Gasteiger partial charge in [0.1, 0.15) is 0 Å². The minimum absolute atomic E-state index is 0.319. The molecule has 168 valence electrons. The maximum Gasteiger partial charge on any atom is 0.271 e. The summed E-state index contributed by atoms with van der Waals surface area (Å²) in [4.78, 5) is 12.5. The number of carbonyl (C=O) groups is 1. The normalized spacial score (nSPS) is 10.6. The first-order valence-corrected chi connectivity index (χ1v) is 10.0. The lowest BCUT2D eigenvalue weighted by atomic mass is 10.1. The monoisotopic (exact) mass is 430 g/mol. The first-order chi connectivity index (χ1) is 15.1. The van der Waals surface area contributed by atoms with Gasteiger partial charge in [0.2, 0.25) is 5.75 Å². The lowest BCUT2D eigenvalue weighted by Gasteiger charge is -2.13. The molecule has 1 amide bonds. The van der Waals surface area contributed by atoms with Crippen molar-refractivity contribution in [2.75, 3.05) is 35.0 Å². The van der Waals surface area contributed by atoms with Gasteiger partial charge in [-0.1, -0.05) is 19.8 Å². The molecule has 0 aliphatic carbocycles. The standard InChI is InChI=1S/C23H30N2O6/c1-6-7-8-11-31-18-10-9-16(12-19(18)27-2)15-24-25-23(26)17-13-20(28-3)22(30-5)21(14-17)29-4/h9-10,12-15H,6-8,11H2,1-5H3,(H,25,26)/b24-15+. The molecule has 0 bridgehead atoms. The van der Waals surface area contributed by atoms with Gasteiger partial charge in [-0.15, -0.1) is 0 Å². The van der Waals surface area contributed by atoms with Gasteiger partial charge >= 0.3 is 0 Å². The second-order valence-corrected chi connectivity index (χ2v) is 6.58. The molecule has 0 radical (unpaired) electrons. The molecule has 0 fully saturated rings. The molecule has 8 nitrogen and oxygen atoms in total. The fourth-order valence-electron chi connectivity index (χ4n) is 2.86. The number of ether oxygens (including phenoxy) is 5. The Bertz CT molecular complexity index is 873. The molecule has 8 heteroatoms. The topological polar surface area (TPSA) is 87.6 Å². The molecular formula is C23H30N2O6. The summed E-state index contributed by atoms with van der Waals surface area (Å²) in [6.07, 6.45) is 4.78. The molecule has 0 aliphatic rings. The van der Waals surface area contributed by atoms with Crippen LogP contribution in [-0.2, 0) is 0 Å². The number of benzene rings is 2. The highest BCUT2D eigenvalue weighted by Crippen LogP contribution is 2.38. The minimum Gasteiger partial charge on any atom is -0.493 e. The predicted octanol–water partition coefficient (Wildman–Crippen LogP) is 4.05. The summed E-state index contributed by atoms with van der Waals surface area (Å²) < 4.78 is 27.0. The average molecular weight is 431 g/mol. The summed E-state index contributed by atoms with van der Waals surface area (Å²) in [5, 5.41) is 4.03. The van der Waals surface area contributed by atoms with Crippen molar-refractivity contribution in [1.82, 2.24) is 5.43 Å².